The van der Waals surface area contributed by atoms with Gasteiger partial charge in [-0.3, -0.25) is 9.59 Å². The van der Waals surface area contributed by atoms with E-state index in [1.165, 1.54) is 35.7 Å². The lowest BCUT2D eigenvalue weighted by Crippen LogP contribution is -2.66. The molecule has 0 aliphatic carbocycles. The smallest absolute Gasteiger partial charge is 0.363 e. The van der Waals surface area contributed by atoms with Gasteiger partial charge >= 0.3 is 6.18 Å². The molecular formula is C27H21ClF3N3O3S2. The Morgan fingerprint density at radius 1 is 1.13 bits per heavy atom. The first-order valence-electron chi connectivity index (χ1n) is 11.5. The van der Waals surface area contributed by atoms with Crippen LogP contribution in [0.4, 0.5) is 13.2 Å². The van der Waals surface area contributed by atoms with Gasteiger partial charge in [-0.25, -0.2) is 0 Å². The maximum Gasteiger partial charge on any atom is 0.437 e. The first kappa shape index (κ1) is 28.7. The van der Waals surface area contributed by atoms with Crippen LogP contribution in [-0.2, 0) is 11.3 Å². The quantitative estimate of drug-likeness (QED) is 0.294. The molecule has 0 spiro atoms. The van der Waals surface area contributed by atoms with E-state index < -0.39 is 35.4 Å². The van der Waals surface area contributed by atoms with E-state index in [4.69, 9.17) is 11.6 Å². The molecule has 2 aromatic carbocycles. The summed E-state index contributed by atoms with van der Waals surface area (Å²) in [5.74, 6) is -5.59. The van der Waals surface area contributed by atoms with Crippen LogP contribution in [0.1, 0.15) is 26.7 Å². The number of allylic oxidation sites excluding steroid dienone is 1. The van der Waals surface area contributed by atoms with E-state index in [0.29, 0.717) is 11.8 Å². The number of benzene rings is 2. The zero-order chi connectivity index (χ0) is 28.2. The number of nitrogens with one attached hydrogen (secondary N) is 2. The predicted octanol–water partition coefficient (Wildman–Crippen LogP) is 5.62. The van der Waals surface area contributed by atoms with Crippen molar-refractivity contribution in [3.63, 3.8) is 0 Å². The van der Waals surface area contributed by atoms with Crippen molar-refractivity contribution in [3.8, 4) is 6.07 Å². The van der Waals surface area contributed by atoms with E-state index in [9.17, 15) is 33.1 Å². The van der Waals surface area contributed by atoms with Crippen molar-refractivity contribution in [2.75, 3.05) is 5.75 Å². The SMILES string of the molecule is N#CC1=C(SCC(=O)NCc2ccccc2)N[C@](O)(C(F)(F)F)[C@H](C(=O)c2cccs2)[C@@H]1c1ccccc1Cl. The highest BCUT2D eigenvalue weighted by atomic mass is 35.5. The van der Waals surface area contributed by atoms with Gasteiger partial charge < -0.3 is 15.7 Å². The molecule has 0 bridgehead atoms. The average Bonchev–Trinajstić information content (AvgIpc) is 3.45. The van der Waals surface area contributed by atoms with Gasteiger partial charge in [0.1, 0.15) is 0 Å². The number of hydrogen-bond donors (Lipinski definition) is 3. The Balaban J connectivity index is 1.75. The molecule has 3 N–H and O–H groups in total. The van der Waals surface area contributed by atoms with Crippen LogP contribution in [0, 0.1) is 17.2 Å². The molecule has 2 heterocycles. The van der Waals surface area contributed by atoms with Crippen molar-refractivity contribution in [2.45, 2.75) is 24.4 Å². The molecule has 3 aromatic rings. The number of amides is 1. The van der Waals surface area contributed by atoms with Crippen LogP contribution in [0.5, 0.6) is 0 Å². The number of nitrogens with zero attached hydrogens (tertiary/aromatic N) is 1. The number of aliphatic hydroxyl groups is 1. The largest absolute Gasteiger partial charge is 0.437 e. The topological polar surface area (TPSA) is 102 Å². The molecule has 3 atom stereocenters. The highest BCUT2D eigenvalue weighted by Gasteiger charge is 2.66. The van der Waals surface area contributed by atoms with Crippen LogP contribution in [0.3, 0.4) is 0 Å². The summed E-state index contributed by atoms with van der Waals surface area (Å²) < 4.78 is 43.8. The van der Waals surface area contributed by atoms with Gasteiger partial charge in [0.25, 0.3) is 0 Å². The van der Waals surface area contributed by atoms with Gasteiger partial charge in [-0.1, -0.05) is 78.0 Å². The first-order chi connectivity index (χ1) is 18.6. The van der Waals surface area contributed by atoms with Crippen LogP contribution in [0.15, 0.2) is 82.7 Å². The Bertz CT molecular complexity index is 1430. The number of Topliss-reactive ketones (excluding diaryl/α,β-unsaturated/α-hetero) is 1. The van der Waals surface area contributed by atoms with Crippen molar-refractivity contribution in [1.29, 1.82) is 5.26 Å². The predicted molar refractivity (Wildman–Crippen MR) is 144 cm³/mol. The summed E-state index contributed by atoms with van der Waals surface area (Å²) in [5.41, 5.74) is -3.11. The Kier molecular flexibility index (Phi) is 8.71. The molecule has 202 valence electrons. The standard InChI is InChI=1S/C27H21ClF3N3O3S2/c28-19-10-5-4-9-17(19)22-18(13-32)25(39-15-21(35)33-14-16-7-2-1-3-8-16)34-26(37,27(29,30)31)23(22)24(36)20-11-6-12-38-20/h1-12,22-23,34,37H,14-15H2,(H,33,35)/t22-,23+,26-/m1/s1. The van der Waals surface area contributed by atoms with Crippen molar-refractivity contribution in [1.82, 2.24) is 10.6 Å². The number of carbonyl (C=O) groups is 2. The molecule has 39 heavy (non-hydrogen) atoms. The lowest BCUT2D eigenvalue weighted by atomic mass is 9.70. The summed E-state index contributed by atoms with van der Waals surface area (Å²) in [6.07, 6.45) is -5.34. The van der Waals surface area contributed by atoms with E-state index in [0.717, 1.165) is 16.9 Å². The van der Waals surface area contributed by atoms with E-state index in [2.05, 4.69) is 5.32 Å². The highest BCUT2D eigenvalue weighted by Crippen LogP contribution is 2.52. The molecule has 1 aliphatic rings. The number of thioether (sulfide) groups is 1. The van der Waals surface area contributed by atoms with Gasteiger partial charge in [-0.05, 0) is 28.6 Å². The third kappa shape index (κ3) is 5.99. The average molecular weight is 592 g/mol. The second kappa shape index (κ2) is 11.8. The second-order valence-corrected chi connectivity index (χ2v) is 11.0. The van der Waals surface area contributed by atoms with Crippen LogP contribution < -0.4 is 10.6 Å². The molecule has 1 aromatic heterocycles. The van der Waals surface area contributed by atoms with Crippen molar-refractivity contribution in [3.05, 3.63) is 104 Å². The Labute approximate surface area is 235 Å². The van der Waals surface area contributed by atoms with E-state index in [1.807, 2.05) is 17.5 Å². The Hall–Kier alpha value is -3.30. The summed E-state index contributed by atoms with van der Waals surface area (Å²) in [7, 11) is 0. The molecule has 4 rings (SSSR count). The fourth-order valence-electron chi connectivity index (χ4n) is 4.31. The van der Waals surface area contributed by atoms with Gasteiger partial charge in [-0.15, -0.1) is 11.3 Å². The minimum Gasteiger partial charge on any atom is -0.363 e. The fraction of sp³-hybridized carbons (Fsp3) is 0.222. The Morgan fingerprint density at radius 2 is 1.82 bits per heavy atom. The zero-order valence-corrected chi connectivity index (χ0v) is 22.4. The van der Waals surface area contributed by atoms with E-state index in [1.54, 1.807) is 30.3 Å². The monoisotopic (exact) mass is 591 g/mol. The second-order valence-electron chi connectivity index (χ2n) is 8.61. The van der Waals surface area contributed by atoms with Gasteiger partial charge in [-0.2, -0.15) is 18.4 Å². The normalized spacial score (nSPS) is 21.1. The van der Waals surface area contributed by atoms with E-state index in [-0.39, 0.29) is 38.4 Å². The number of thiophene rings is 1. The number of rotatable bonds is 8. The molecule has 1 amide bonds. The molecular weight excluding hydrogens is 571 g/mol. The third-order valence-electron chi connectivity index (χ3n) is 6.16. The van der Waals surface area contributed by atoms with Gasteiger partial charge in [0.2, 0.25) is 11.6 Å². The molecule has 1 aliphatic heterocycles. The maximum atomic E-state index is 14.6. The van der Waals surface area contributed by atoms with Crippen LogP contribution in [-0.4, -0.2) is 34.5 Å². The molecule has 0 fully saturated rings. The molecule has 0 saturated heterocycles. The number of hydrogen-bond acceptors (Lipinski definition) is 7. The molecule has 0 unspecified atom stereocenters. The highest BCUT2D eigenvalue weighted by molar-refractivity contribution is 8.03. The van der Waals surface area contributed by atoms with Gasteiger partial charge in [0.05, 0.1) is 33.2 Å². The van der Waals surface area contributed by atoms with Gasteiger partial charge in [0, 0.05) is 17.5 Å². The molecule has 6 nitrogen and oxygen atoms in total. The summed E-state index contributed by atoms with van der Waals surface area (Å²) >= 11 is 7.91. The number of halogens is 4. The number of ketones is 1. The number of nitriles is 1. The summed E-state index contributed by atoms with van der Waals surface area (Å²) in [6.45, 7) is 0.198. The third-order valence-corrected chi connectivity index (χ3v) is 8.41. The van der Waals surface area contributed by atoms with Crippen molar-refractivity contribution < 1.29 is 27.9 Å². The zero-order valence-electron chi connectivity index (χ0n) is 20.0. The van der Waals surface area contributed by atoms with Crippen LogP contribution in [0.25, 0.3) is 0 Å². The number of alkyl halides is 3. The van der Waals surface area contributed by atoms with Crippen molar-refractivity contribution >= 4 is 46.4 Å². The van der Waals surface area contributed by atoms with Gasteiger partial charge in [0.15, 0.2) is 5.78 Å². The molecule has 0 saturated carbocycles. The maximum absolute atomic E-state index is 14.6. The van der Waals surface area contributed by atoms with Crippen LogP contribution >= 0.6 is 34.7 Å². The molecule has 0 radical (unpaired) electrons. The van der Waals surface area contributed by atoms with Crippen molar-refractivity contribution in [2.24, 2.45) is 5.92 Å². The first-order valence-corrected chi connectivity index (χ1v) is 13.8. The molecule has 12 heteroatoms. The van der Waals surface area contributed by atoms with Crippen LogP contribution in [0.2, 0.25) is 5.02 Å². The number of carbonyl (C=O) groups excluding carboxylic acids is 2. The lowest BCUT2D eigenvalue weighted by molar-refractivity contribution is -0.285. The van der Waals surface area contributed by atoms with E-state index >= 15 is 0 Å². The minimum atomic E-state index is -5.34. The summed E-state index contributed by atoms with van der Waals surface area (Å²) in [6, 6.07) is 19.7. The fourth-order valence-corrected chi connectivity index (χ4v) is 6.20. The Morgan fingerprint density at radius 3 is 2.44 bits per heavy atom. The summed E-state index contributed by atoms with van der Waals surface area (Å²) in [5, 5.41) is 27.2. The minimum absolute atomic E-state index is 0.0183. The summed E-state index contributed by atoms with van der Waals surface area (Å²) in [4.78, 5) is 26.0. The lowest BCUT2D eigenvalue weighted by Gasteiger charge is -2.45.